The predicted molar refractivity (Wildman–Crippen MR) is 64.9 cm³/mol. The van der Waals surface area contributed by atoms with E-state index in [1.165, 1.54) is 4.52 Å². The third-order valence-corrected chi connectivity index (χ3v) is 2.31. The first-order valence-electron chi connectivity index (χ1n) is 5.46. The van der Waals surface area contributed by atoms with Gasteiger partial charge in [-0.15, -0.1) is 5.10 Å². The summed E-state index contributed by atoms with van der Waals surface area (Å²) >= 11 is 0. The summed E-state index contributed by atoms with van der Waals surface area (Å²) in [6.07, 6.45) is 1.56. The van der Waals surface area contributed by atoms with Crippen LogP contribution in [0.5, 0.6) is 0 Å². The minimum atomic E-state index is 0.223. The van der Waals surface area contributed by atoms with Crippen LogP contribution in [-0.2, 0) is 0 Å². The zero-order valence-electron chi connectivity index (χ0n) is 9.66. The number of fused-ring (bicyclic) bond motifs is 1. The largest absolute Gasteiger partial charge is 0.461 e. The lowest BCUT2D eigenvalue weighted by Crippen LogP contribution is -2.09. The Balaban J connectivity index is 2.14. The molecule has 0 saturated carbocycles. The van der Waals surface area contributed by atoms with Gasteiger partial charge in [-0.3, -0.25) is 0 Å². The van der Waals surface area contributed by atoms with E-state index in [-0.39, 0.29) is 5.95 Å². The van der Waals surface area contributed by atoms with Gasteiger partial charge in [0, 0.05) is 6.54 Å². The van der Waals surface area contributed by atoms with Gasteiger partial charge in [0.1, 0.15) is 0 Å². The maximum atomic E-state index is 5.79. The van der Waals surface area contributed by atoms with Crippen molar-refractivity contribution in [1.29, 1.82) is 0 Å². The van der Waals surface area contributed by atoms with Gasteiger partial charge in [-0.05, 0) is 19.1 Å². The molecule has 92 valence electrons. The monoisotopic (exact) mass is 245 g/mol. The Kier molecular flexibility index (Phi) is 2.33. The van der Waals surface area contributed by atoms with E-state index in [1.807, 2.05) is 6.92 Å². The minimum absolute atomic E-state index is 0.223. The minimum Gasteiger partial charge on any atom is -0.461 e. The number of furan rings is 1. The van der Waals surface area contributed by atoms with E-state index in [0.29, 0.717) is 29.9 Å². The highest BCUT2D eigenvalue weighted by Gasteiger charge is 2.13. The summed E-state index contributed by atoms with van der Waals surface area (Å²) in [5.74, 6) is 2.02. The molecule has 0 amide bonds. The van der Waals surface area contributed by atoms with E-state index in [0.717, 1.165) is 0 Å². The summed E-state index contributed by atoms with van der Waals surface area (Å²) in [6, 6.07) is 3.53. The van der Waals surface area contributed by atoms with Gasteiger partial charge in [0.25, 0.3) is 5.78 Å². The molecule has 3 N–H and O–H groups in total. The second-order valence-corrected chi connectivity index (χ2v) is 3.56. The van der Waals surface area contributed by atoms with Crippen LogP contribution in [0, 0.1) is 0 Å². The number of nitrogens with zero attached hydrogens (tertiary/aromatic N) is 5. The van der Waals surface area contributed by atoms with E-state index in [2.05, 4.69) is 25.4 Å². The molecule has 8 nitrogen and oxygen atoms in total. The lowest BCUT2D eigenvalue weighted by Gasteiger charge is -2.01. The van der Waals surface area contributed by atoms with Crippen LogP contribution in [0.25, 0.3) is 17.4 Å². The fraction of sp³-hybridized carbons (Fsp3) is 0.200. The van der Waals surface area contributed by atoms with Gasteiger partial charge in [-0.1, -0.05) is 0 Å². The number of hydrogen-bond donors (Lipinski definition) is 2. The molecule has 0 aliphatic heterocycles. The van der Waals surface area contributed by atoms with E-state index < -0.39 is 0 Å². The molecule has 3 rings (SSSR count). The molecule has 3 aromatic heterocycles. The summed E-state index contributed by atoms with van der Waals surface area (Å²) < 4.78 is 6.60. The van der Waals surface area contributed by atoms with Crippen molar-refractivity contribution < 1.29 is 4.42 Å². The third kappa shape index (κ3) is 1.63. The molecule has 0 aliphatic rings. The fourth-order valence-electron chi connectivity index (χ4n) is 1.55. The topological polar surface area (TPSA) is 107 Å². The molecule has 8 heteroatoms. The molecular formula is C10H11N7O. The molecule has 0 aromatic carbocycles. The van der Waals surface area contributed by atoms with Crippen LogP contribution >= 0.6 is 0 Å². The van der Waals surface area contributed by atoms with Gasteiger partial charge in [0.15, 0.2) is 5.76 Å². The third-order valence-electron chi connectivity index (χ3n) is 2.31. The summed E-state index contributed by atoms with van der Waals surface area (Å²) in [5, 5.41) is 7.17. The lowest BCUT2D eigenvalue weighted by atomic mass is 10.4. The number of aromatic nitrogens is 5. The van der Waals surface area contributed by atoms with E-state index in [1.54, 1.807) is 18.4 Å². The maximum absolute atomic E-state index is 5.79. The van der Waals surface area contributed by atoms with Gasteiger partial charge in [-0.25, -0.2) is 0 Å². The van der Waals surface area contributed by atoms with Crippen molar-refractivity contribution in [3.8, 4) is 11.6 Å². The fourth-order valence-corrected chi connectivity index (χ4v) is 1.55. The van der Waals surface area contributed by atoms with Crippen LogP contribution in [0.15, 0.2) is 22.8 Å². The Labute approximate surface area is 102 Å². The molecule has 0 saturated heterocycles. The smallest absolute Gasteiger partial charge is 0.259 e. The highest BCUT2D eigenvalue weighted by Crippen LogP contribution is 2.17. The Bertz CT molecular complexity index is 673. The molecule has 18 heavy (non-hydrogen) atoms. The highest BCUT2D eigenvalue weighted by molar-refractivity contribution is 5.52. The first-order chi connectivity index (χ1) is 8.78. The summed E-state index contributed by atoms with van der Waals surface area (Å²) in [4.78, 5) is 12.5. The number of rotatable bonds is 3. The molecule has 0 atom stereocenters. The van der Waals surface area contributed by atoms with Crippen LogP contribution in [0.4, 0.5) is 11.9 Å². The van der Waals surface area contributed by atoms with Gasteiger partial charge in [0.2, 0.25) is 17.7 Å². The predicted octanol–water partition coefficient (Wildman–Crippen LogP) is 0.793. The Morgan fingerprint density at radius 1 is 1.39 bits per heavy atom. The van der Waals surface area contributed by atoms with Crippen LogP contribution in [0.2, 0.25) is 0 Å². The molecule has 3 aromatic rings. The van der Waals surface area contributed by atoms with Gasteiger partial charge < -0.3 is 15.5 Å². The van der Waals surface area contributed by atoms with Crippen molar-refractivity contribution in [1.82, 2.24) is 24.6 Å². The second kappa shape index (κ2) is 3.99. The normalized spacial score (nSPS) is 10.9. The molecule has 0 bridgehead atoms. The van der Waals surface area contributed by atoms with Crippen molar-refractivity contribution in [2.24, 2.45) is 0 Å². The zero-order valence-corrected chi connectivity index (χ0v) is 9.66. The van der Waals surface area contributed by atoms with Crippen LogP contribution < -0.4 is 11.1 Å². The molecule has 3 heterocycles. The van der Waals surface area contributed by atoms with Crippen LogP contribution in [0.3, 0.4) is 0 Å². The molecular weight excluding hydrogens is 234 g/mol. The molecule has 0 unspecified atom stereocenters. The van der Waals surface area contributed by atoms with E-state index in [9.17, 15) is 0 Å². The number of nitrogens with two attached hydrogens (primary N) is 1. The summed E-state index contributed by atoms with van der Waals surface area (Å²) in [6.45, 7) is 2.65. The molecule has 0 spiro atoms. The van der Waals surface area contributed by atoms with Crippen molar-refractivity contribution in [3.05, 3.63) is 18.4 Å². The Morgan fingerprint density at radius 2 is 2.28 bits per heavy atom. The van der Waals surface area contributed by atoms with Gasteiger partial charge in [0.05, 0.1) is 6.26 Å². The van der Waals surface area contributed by atoms with E-state index in [4.69, 9.17) is 10.2 Å². The number of nitrogens with one attached hydrogen (secondary N) is 1. The SMILES string of the molecule is CCNc1nc(N)n2nc(-c3ccco3)nc2n1. The average Bonchev–Trinajstić information content (AvgIpc) is 2.97. The van der Waals surface area contributed by atoms with Gasteiger partial charge in [-0.2, -0.15) is 19.5 Å². The lowest BCUT2D eigenvalue weighted by molar-refractivity contribution is 0.577. The average molecular weight is 245 g/mol. The highest BCUT2D eigenvalue weighted by atomic mass is 16.3. The van der Waals surface area contributed by atoms with Crippen LogP contribution in [0.1, 0.15) is 6.92 Å². The second-order valence-electron chi connectivity index (χ2n) is 3.56. The summed E-state index contributed by atoms with van der Waals surface area (Å²) in [5.41, 5.74) is 5.79. The van der Waals surface area contributed by atoms with Crippen LogP contribution in [-0.4, -0.2) is 31.1 Å². The number of nitrogen functional groups attached to an aromatic ring is 1. The van der Waals surface area contributed by atoms with Crippen molar-refractivity contribution in [2.45, 2.75) is 6.92 Å². The molecule has 0 aliphatic carbocycles. The van der Waals surface area contributed by atoms with E-state index >= 15 is 0 Å². The maximum Gasteiger partial charge on any atom is 0.259 e. The quantitative estimate of drug-likeness (QED) is 0.702. The molecule has 0 radical (unpaired) electrons. The zero-order chi connectivity index (χ0) is 12.5. The van der Waals surface area contributed by atoms with Crippen molar-refractivity contribution in [3.63, 3.8) is 0 Å². The molecule has 0 fully saturated rings. The van der Waals surface area contributed by atoms with Crippen molar-refractivity contribution >= 4 is 17.7 Å². The number of hydrogen-bond acceptors (Lipinski definition) is 7. The Hall–Kier alpha value is -2.64. The first-order valence-corrected chi connectivity index (χ1v) is 5.46. The first kappa shape index (κ1) is 10.5. The Morgan fingerprint density at radius 3 is 3.00 bits per heavy atom. The summed E-state index contributed by atoms with van der Waals surface area (Å²) in [7, 11) is 0. The van der Waals surface area contributed by atoms with Gasteiger partial charge >= 0.3 is 0 Å². The standard InChI is InChI=1S/C10H11N7O/c1-2-12-9-14-8(11)17-10(15-9)13-7(16-17)6-4-3-5-18-6/h3-5H,2H2,1H3,(H3,11,12,13,14,15,16). The van der Waals surface area contributed by atoms with Crippen molar-refractivity contribution in [2.75, 3.05) is 17.6 Å². The number of anilines is 2.